The fourth-order valence-electron chi connectivity index (χ4n) is 16.7. The minimum Gasteiger partial charge on any atom is -0.390 e. The number of aliphatic hydroxyl groups excluding tert-OH is 3. The number of carbonyl (C=O) groups excluding carboxylic acids is 6. The van der Waals surface area contributed by atoms with Crippen molar-refractivity contribution in [1.29, 1.82) is 0 Å². The van der Waals surface area contributed by atoms with E-state index in [-0.39, 0.29) is 96.9 Å². The number of pyridine rings is 3. The number of rotatable bonds is 54. The van der Waals surface area contributed by atoms with E-state index in [0.29, 0.717) is 87.1 Å². The summed E-state index contributed by atoms with van der Waals surface area (Å²) in [6.45, 7) is 16.2. The molecule has 0 bridgehead atoms. The van der Waals surface area contributed by atoms with Crippen LogP contribution in [0.5, 0.6) is 0 Å². The van der Waals surface area contributed by atoms with Crippen molar-refractivity contribution >= 4 is 92.5 Å². The second-order valence-electron chi connectivity index (χ2n) is 36.0. The van der Waals surface area contributed by atoms with Crippen molar-refractivity contribution in [2.45, 2.75) is 268 Å². The molecule has 3 aromatic heterocycles. The molecule has 6 aromatic carbocycles. The molecule has 0 aliphatic heterocycles. The molecule has 143 heavy (non-hydrogen) atoms. The summed E-state index contributed by atoms with van der Waals surface area (Å²) in [5.41, 5.74) is 25.0. The van der Waals surface area contributed by atoms with Crippen LogP contribution >= 0.6 is 27.5 Å². The van der Waals surface area contributed by atoms with Gasteiger partial charge in [0.2, 0.25) is 17.7 Å². The molecule has 6 amide bonds. The van der Waals surface area contributed by atoms with E-state index in [1.165, 1.54) is 76.1 Å². The molecule has 0 radical (unpaired) electrons. The first-order valence-electron chi connectivity index (χ1n) is 48.3. The van der Waals surface area contributed by atoms with Gasteiger partial charge >= 0.3 is 0 Å². The maximum Gasteiger partial charge on any atom is 0.253 e. The molecular formula is C105H136BrClF6N12O15S3. The molecule has 780 valence electrons. The summed E-state index contributed by atoms with van der Waals surface area (Å²) in [5, 5.41) is 39.6. The Hall–Kier alpha value is -10.5. The molecule has 0 saturated heterocycles. The van der Waals surface area contributed by atoms with Crippen LogP contribution in [0, 0.1) is 34.9 Å². The van der Waals surface area contributed by atoms with Gasteiger partial charge in [0.15, 0.2) is 29.5 Å². The van der Waals surface area contributed by atoms with E-state index in [1.807, 2.05) is 117 Å². The monoisotopic (exact) mass is 2130 g/mol. The third-order valence-corrected chi connectivity index (χ3v) is 31.7. The second kappa shape index (κ2) is 59.2. The van der Waals surface area contributed by atoms with Crippen LogP contribution in [0.15, 0.2) is 193 Å². The van der Waals surface area contributed by atoms with Gasteiger partial charge in [-0.05, 0) is 204 Å². The third-order valence-electron chi connectivity index (χ3n) is 24.2. The molecule has 27 nitrogen and oxygen atoms in total. The topological polar surface area (TPSA) is 428 Å². The smallest absolute Gasteiger partial charge is 0.253 e. The number of carbonyl (C=O) groups is 6. The first-order chi connectivity index (χ1) is 67.9. The minimum atomic E-state index is -3.90. The number of nitrogens with two attached hydrogens (primary N) is 3. The summed E-state index contributed by atoms with van der Waals surface area (Å²) >= 11 is 9.32. The number of aliphatic hydroxyl groups is 3. The van der Waals surface area contributed by atoms with Crippen molar-refractivity contribution in [3.05, 3.63) is 300 Å². The quantitative estimate of drug-likeness (QED) is 0.0160. The molecule has 0 saturated carbocycles. The van der Waals surface area contributed by atoms with Crippen LogP contribution < -0.4 is 33.2 Å². The highest BCUT2D eigenvalue weighted by atomic mass is 79.9. The molecule has 38 heteroatoms. The molecule has 0 fully saturated rings. The van der Waals surface area contributed by atoms with Crippen molar-refractivity contribution in [2.75, 3.05) is 36.9 Å². The zero-order chi connectivity index (χ0) is 105. The van der Waals surface area contributed by atoms with Gasteiger partial charge in [-0.25, -0.2) is 51.6 Å². The lowest BCUT2D eigenvalue weighted by atomic mass is 10.0. The Balaban J connectivity index is 0.000000291. The Labute approximate surface area is 850 Å². The highest BCUT2D eigenvalue weighted by Crippen LogP contribution is 2.27. The minimum absolute atomic E-state index is 0.0138. The van der Waals surface area contributed by atoms with Gasteiger partial charge in [-0.3, -0.25) is 43.7 Å². The summed E-state index contributed by atoms with van der Waals surface area (Å²) in [5.74, 6) is -11.0. The van der Waals surface area contributed by atoms with Crippen molar-refractivity contribution in [3.63, 3.8) is 0 Å². The average molecular weight is 2130 g/mol. The zero-order valence-electron chi connectivity index (χ0n) is 82.3. The average Bonchev–Trinajstić information content (AvgIpc) is 0.814. The van der Waals surface area contributed by atoms with Crippen molar-refractivity contribution in [1.82, 2.24) is 45.6 Å². The first kappa shape index (κ1) is 119. The number of nitrogens with zero attached hydrogens (tertiary/aromatic N) is 6. The van der Waals surface area contributed by atoms with Gasteiger partial charge < -0.3 is 63.2 Å². The maximum absolute atomic E-state index is 14.4. The Kier molecular flexibility index (Phi) is 49.5. The van der Waals surface area contributed by atoms with Gasteiger partial charge in [-0.15, -0.1) is 0 Å². The van der Waals surface area contributed by atoms with Crippen LogP contribution in [0.1, 0.15) is 221 Å². The van der Waals surface area contributed by atoms with Gasteiger partial charge in [-0.1, -0.05) is 185 Å². The number of halogens is 8. The Morgan fingerprint density at radius 1 is 0.357 bits per heavy atom. The van der Waals surface area contributed by atoms with Gasteiger partial charge in [-0.2, -0.15) is 0 Å². The predicted octanol–water partition coefficient (Wildman–Crippen LogP) is 14.5. The molecule has 0 spiro atoms. The zero-order valence-corrected chi connectivity index (χ0v) is 87.1. The number of hydrogen-bond donors (Lipinski definition) is 9. The first-order valence-corrected chi connectivity index (χ1v) is 54.6. The number of aryl methyl sites for hydroxylation is 3. The fourth-order valence-corrected chi connectivity index (χ4v) is 23.7. The van der Waals surface area contributed by atoms with Gasteiger partial charge in [0.25, 0.3) is 17.7 Å². The van der Waals surface area contributed by atoms with E-state index in [1.54, 1.807) is 18.2 Å². The van der Waals surface area contributed by atoms with Crippen LogP contribution in [0.25, 0.3) is 0 Å². The molecule has 12 N–H and O–H groups in total. The van der Waals surface area contributed by atoms with Crippen LogP contribution in [0.3, 0.4) is 0 Å². The standard InChI is InChI=1S/C35H45BrF2N4O5S.C35H45ClF2N4O5S.C35H46F2N4O5S/c2*1-4-8-30(9-5-2)48(46,47)22-32(41-34(44)26-16-27(36)19-40-18-26)35(45)42(20-24-11-7-10-23(6-3)12-24)21-33(43)31(39)15-25-13-28(37)17-29(38)14-25;1-4-8-30(9-5-2)47(45,46)23-32(40-34(43)27-12-14-39-15-13-27)35(44)41(21-25-11-7-10-24(6-3)16-25)22-33(42)31(38)19-26-17-28(36)20-29(37)18-26/h2*7,10-14,16-19,30-33,43H,4-6,8-9,15,20-22,39H2,1-3H3,(H,41,44);7,10-18,20,30-33,42H,4-6,8-9,19,21-23,38H2,1-3H3,(H,40,43)/t3*31-,32+,33+/m000/s1. The van der Waals surface area contributed by atoms with E-state index in [0.717, 1.165) is 102 Å². The highest BCUT2D eigenvalue weighted by Gasteiger charge is 2.41. The molecule has 9 aromatic rings. The van der Waals surface area contributed by atoms with Crippen LogP contribution in [-0.2, 0) is 102 Å². The lowest BCUT2D eigenvalue weighted by molar-refractivity contribution is -0.135. The van der Waals surface area contributed by atoms with Crippen molar-refractivity contribution in [3.8, 4) is 0 Å². The highest BCUT2D eigenvalue weighted by molar-refractivity contribution is 9.10. The van der Waals surface area contributed by atoms with E-state index >= 15 is 0 Å². The van der Waals surface area contributed by atoms with E-state index in [2.05, 4.69) is 46.8 Å². The maximum atomic E-state index is 14.4. The van der Waals surface area contributed by atoms with Crippen LogP contribution in [-0.4, -0.2) is 213 Å². The normalized spacial score (nSPS) is 13.6. The molecule has 0 aliphatic carbocycles. The van der Waals surface area contributed by atoms with E-state index in [9.17, 15) is 95.7 Å². The summed E-state index contributed by atoms with van der Waals surface area (Å²) in [7, 11) is -11.6. The summed E-state index contributed by atoms with van der Waals surface area (Å²) in [6, 6.07) is 29.4. The van der Waals surface area contributed by atoms with Crippen LogP contribution in [0.2, 0.25) is 5.02 Å². The fraction of sp³-hybridized carbons (Fsp3) is 0.457. The number of hydrogen-bond acceptors (Lipinski definition) is 21. The number of amides is 6. The Bertz CT molecular complexity index is 5680. The largest absolute Gasteiger partial charge is 0.390 e. The predicted molar refractivity (Wildman–Crippen MR) is 547 cm³/mol. The molecule has 0 aliphatic rings. The number of sulfone groups is 3. The number of nitrogens with one attached hydrogen (secondary N) is 3. The van der Waals surface area contributed by atoms with Crippen LogP contribution in [0.4, 0.5) is 26.3 Å². The Morgan fingerprint density at radius 2 is 0.622 bits per heavy atom. The van der Waals surface area contributed by atoms with Crippen molar-refractivity contribution in [2.24, 2.45) is 17.2 Å². The SMILES string of the molecule is CCCC(CCC)S(=O)(=O)C[C@@H](NC(=O)c1ccncc1)C(=O)N(Cc1cccc(CC)c1)C[C@@H](O)[C@@H](N)Cc1cc(F)cc(F)c1.CCCC(CCC)S(=O)(=O)C[C@@H](NC(=O)c1cncc(Br)c1)C(=O)N(Cc1cccc(CC)c1)C[C@@H](O)[C@@H](N)Cc1cc(F)cc(F)c1.CCCC(CCC)S(=O)(=O)C[C@@H](NC(=O)c1cncc(Cl)c1)C(=O)N(Cc1cccc(CC)c1)C[C@@H](O)[C@@H](N)Cc1cc(F)cc(F)c1. The summed E-state index contributed by atoms with van der Waals surface area (Å²) in [4.78, 5) is 98.9. The number of benzene rings is 6. The summed E-state index contributed by atoms with van der Waals surface area (Å²) < 4.78 is 166. The second-order valence-corrected chi connectivity index (χ2v) is 44.3. The number of aromatic nitrogens is 3. The van der Waals surface area contributed by atoms with E-state index < -0.39 is 187 Å². The van der Waals surface area contributed by atoms with E-state index in [4.69, 9.17) is 28.8 Å². The van der Waals surface area contributed by atoms with Gasteiger partial charge in [0.1, 0.15) is 53.0 Å². The molecular weight excluding hydrogens is 1990 g/mol. The van der Waals surface area contributed by atoms with Gasteiger partial charge in [0.05, 0.1) is 67.5 Å². The lowest BCUT2D eigenvalue weighted by Gasteiger charge is -2.32. The van der Waals surface area contributed by atoms with Gasteiger partial charge in [0, 0.05) is 123 Å². The molecule has 3 heterocycles. The van der Waals surface area contributed by atoms with Crippen molar-refractivity contribution < 1.29 is 95.7 Å². The summed E-state index contributed by atoms with van der Waals surface area (Å²) in [6.07, 6.45) is 12.1. The third kappa shape index (κ3) is 39.5. The molecule has 9 atom stereocenters. The lowest BCUT2D eigenvalue weighted by Crippen LogP contribution is -2.55. The Morgan fingerprint density at radius 3 is 0.888 bits per heavy atom. The molecule has 9 rings (SSSR count). The molecule has 0 unspecified atom stereocenters.